The third-order valence-corrected chi connectivity index (χ3v) is 11.0. The zero-order valence-electron chi connectivity index (χ0n) is 29.7. The van der Waals surface area contributed by atoms with Gasteiger partial charge in [-0.15, -0.1) is 12.4 Å². The number of fused-ring (bicyclic) bond motifs is 8. The third kappa shape index (κ3) is 7.16. The first kappa shape index (κ1) is 37.0. The lowest BCUT2D eigenvalue weighted by Gasteiger charge is -2.37. The maximum Gasteiger partial charge on any atom is 0.178 e. The molecule has 0 fully saturated rings. The molecule has 4 heterocycles. The maximum atomic E-state index is 13.5. The number of rotatable bonds is 6. The quantitative estimate of drug-likeness (QED) is 0.170. The van der Waals surface area contributed by atoms with Gasteiger partial charge in [0.05, 0.1) is 25.7 Å². The molecule has 0 radical (unpaired) electrons. The summed E-state index contributed by atoms with van der Waals surface area (Å²) in [5, 5.41) is 0.798. The van der Waals surface area contributed by atoms with Crippen LogP contribution < -0.4 is 23.7 Å². The molecule has 4 aromatic carbocycles. The van der Waals surface area contributed by atoms with Gasteiger partial charge in [0.15, 0.2) is 17.3 Å². The number of ether oxygens (including phenoxy) is 5. The van der Waals surface area contributed by atoms with Crippen molar-refractivity contribution < 1.29 is 28.5 Å². The van der Waals surface area contributed by atoms with Crippen LogP contribution in [0, 0.1) is 5.92 Å². The van der Waals surface area contributed by atoms with Crippen molar-refractivity contribution in [3.63, 3.8) is 0 Å². The van der Waals surface area contributed by atoms with E-state index in [1.54, 1.807) is 20.3 Å². The van der Waals surface area contributed by atoms with Crippen LogP contribution in [0.5, 0.6) is 28.7 Å². The number of Topliss-reactive ketones (excluding diaryl/α,β-unsaturated/α-hetero) is 1. The number of halogens is 2. The minimum atomic E-state index is -0.438. The molecule has 0 saturated heterocycles. The molecule has 0 spiro atoms. The first-order valence-corrected chi connectivity index (χ1v) is 18.2. The Labute approximate surface area is 315 Å². The molecule has 51 heavy (non-hydrogen) atoms. The summed E-state index contributed by atoms with van der Waals surface area (Å²) in [6.07, 6.45) is 3.85. The molecule has 4 aliphatic heterocycles. The van der Waals surface area contributed by atoms with Gasteiger partial charge in [-0.25, -0.2) is 0 Å². The van der Waals surface area contributed by atoms with E-state index < -0.39 is 5.92 Å². The SMILES string of the molecule is CN(C)CCC=C1c2ccccc2Sc2ccc(Cl)cc21.COc1cc2c(cc1OC)C1C(=O)c3ccc4c(c3OC1CO2)CC(C(C)C)O4.Cl. The lowest BCUT2D eigenvalue weighted by molar-refractivity contribution is 0.0554. The Balaban J connectivity index is 0.000000181. The van der Waals surface area contributed by atoms with E-state index in [0.29, 0.717) is 41.1 Å². The minimum absolute atomic E-state index is 0. The van der Waals surface area contributed by atoms with Crippen molar-refractivity contribution in [1.29, 1.82) is 0 Å². The van der Waals surface area contributed by atoms with Crippen molar-refractivity contribution in [3.8, 4) is 28.7 Å². The van der Waals surface area contributed by atoms with Crippen molar-refractivity contribution in [1.82, 2.24) is 4.90 Å². The average molecular weight is 749 g/mol. The van der Waals surface area contributed by atoms with Crippen molar-refractivity contribution >= 4 is 47.1 Å². The van der Waals surface area contributed by atoms with Gasteiger partial charge in [0.2, 0.25) is 0 Å². The second-order valence-corrected chi connectivity index (χ2v) is 15.0. The molecule has 0 amide bonds. The number of carbonyl (C=O) groups excluding carboxylic acids is 1. The van der Waals surface area contributed by atoms with Gasteiger partial charge >= 0.3 is 0 Å². The van der Waals surface area contributed by atoms with Crippen LogP contribution in [-0.2, 0) is 6.42 Å². The van der Waals surface area contributed by atoms with Crippen LogP contribution >= 0.6 is 35.8 Å². The second kappa shape index (κ2) is 15.4. The van der Waals surface area contributed by atoms with Crippen LogP contribution in [-0.4, -0.2) is 64.4 Å². The van der Waals surface area contributed by atoms with E-state index >= 15 is 0 Å². The van der Waals surface area contributed by atoms with E-state index in [4.69, 9.17) is 35.3 Å². The molecular formula is C41H43Cl2NO6S. The summed E-state index contributed by atoms with van der Waals surface area (Å²) in [6, 6.07) is 22.1. The molecule has 0 N–H and O–H groups in total. The highest BCUT2D eigenvalue weighted by Crippen LogP contribution is 2.50. The molecule has 0 aromatic heterocycles. The van der Waals surface area contributed by atoms with Gasteiger partial charge < -0.3 is 28.6 Å². The molecule has 8 rings (SSSR count). The average Bonchev–Trinajstić information content (AvgIpc) is 3.57. The van der Waals surface area contributed by atoms with Crippen LogP contribution in [0.1, 0.15) is 58.8 Å². The molecule has 0 saturated carbocycles. The van der Waals surface area contributed by atoms with Crippen molar-refractivity contribution in [3.05, 3.63) is 106 Å². The summed E-state index contributed by atoms with van der Waals surface area (Å²) in [5.74, 6) is 3.24. The molecule has 4 aliphatic rings. The summed E-state index contributed by atoms with van der Waals surface area (Å²) < 4.78 is 29.2. The Hall–Kier alpha value is -3.82. The van der Waals surface area contributed by atoms with E-state index in [9.17, 15) is 4.79 Å². The normalized spacial score (nSPS) is 19.7. The van der Waals surface area contributed by atoms with Gasteiger partial charge in [0.1, 0.15) is 36.1 Å². The number of carbonyl (C=O) groups is 1. The highest BCUT2D eigenvalue weighted by atomic mass is 35.5. The molecule has 3 unspecified atom stereocenters. The molecular weight excluding hydrogens is 705 g/mol. The van der Waals surface area contributed by atoms with E-state index in [1.807, 2.05) is 36.0 Å². The number of methoxy groups -OCH3 is 2. The predicted molar refractivity (Wildman–Crippen MR) is 205 cm³/mol. The first-order chi connectivity index (χ1) is 24.2. The van der Waals surface area contributed by atoms with E-state index in [1.165, 1.54) is 26.5 Å². The van der Waals surface area contributed by atoms with Crippen LogP contribution in [0.4, 0.5) is 0 Å². The molecule has 10 heteroatoms. The van der Waals surface area contributed by atoms with Crippen molar-refractivity contribution in [2.45, 2.75) is 54.6 Å². The Bertz CT molecular complexity index is 1980. The van der Waals surface area contributed by atoms with Crippen LogP contribution in [0.2, 0.25) is 5.02 Å². The second-order valence-electron chi connectivity index (χ2n) is 13.5. The molecule has 0 bridgehead atoms. The minimum Gasteiger partial charge on any atom is -0.493 e. The smallest absolute Gasteiger partial charge is 0.178 e. The number of benzene rings is 4. The third-order valence-electron chi connectivity index (χ3n) is 9.64. The Morgan fingerprint density at radius 1 is 0.922 bits per heavy atom. The van der Waals surface area contributed by atoms with Gasteiger partial charge in [-0.2, -0.15) is 0 Å². The predicted octanol–water partition coefficient (Wildman–Crippen LogP) is 9.39. The Morgan fingerprint density at radius 2 is 1.67 bits per heavy atom. The van der Waals surface area contributed by atoms with E-state index in [-0.39, 0.29) is 30.4 Å². The lowest BCUT2D eigenvalue weighted by Crippen LogP contribution is -2.43. The Morgan fingerprint density at radius 3 is 2.41 bits per heavy atom. The molecule has 4 aromatic rings. The molecule has 268 valence electrons. The van der Waals surface area contributed by atoms with Gasteiger partial charge in [0, 0.05) is 45.0 Å². The lowest BCUT2D eigenvalue weighted by atomic mass is 9.81. The summed E-state index contributed by atoms with van der Waals surface area (Å²) in [6.45, 7) is 5.63. The van der Waals surface area contributed by atoms with Crippen LogP contribution in [0.15, 0.2) is 82.6 Å². The highest BCUT2D eigenvalue weighted by Gasteiger charge is 2.45. The summed E-state index contributed by atoms with van der Waals surface area (Å²) in [4.78, 5) is 18.4. The number of nitrogens with zero attached hydrogens (tertiary/aromatic N) is 1. The monoisotopic (exact) mass is 747 g/mol. The van der Waals surface area contributed by atoms with Crippen molar-refractivity contribution in [2.75, 3.05) is 41.5 Å². The maximum absolute atomic E-state index is 13.5. The molecule has 3 atom stereocenters. The summed E-state index contributed by atoms with van der Waals surface area (Å²) in [7, 11) is 7.37. The van der Waals surface area contributed by atoms with Gasteiger partial charge in [0.25, 0.3) is 0 Å². The molecule has 0 aliphatic carbocycles. The zero-order chi connectivity index (χ0) is 35.1. The van der Waals surface area contributed by atoms with E-state index in [0.717, 1.165) is 41.3 Å². The Kier molecular flexibility index (Phi) is 11.2. The number of hydrogen-bond acceptors (Lipinski definition) is 8. The van der Waals surface area contributed by atoms with E-state index in [2.05, 4.69) is 75.3 Å². The zero-order valence-corrected chi connectivity index (χ0v) is 32.0. The van der Waals surface area contributed by atoms with Gasteiger partial charge in [-0.1, -0.05) is 61.5 Å². The standard InChI is InChI=1S/C23H24O6.C18H18ClNS.ClH/c1-11(2)16-8-14-15(28-16)6-5-12-22(24)21-13-7-18(25-3)19(26-4)9-17(13)27-10-20(21)29-23(12)14;1-20(2)11-5-7-14-15-6-3-4-8-17(15)21-18-10-9-13(19)12-16(14)18;/h5-7,9,11,16,20-21H,8,10H2,1-4H3;3-4,6-10,12H,5,11H2,1-2H3;1H. The van der Waals surface area contributed by atoms with Gasteiger partial charge in [-0.3, -0.25) is 4.79 Å². The summed E-state index contributed by atoms with van der Waals surface area (Å²) >= 11 is 8.03. The number of ketones is 1. The molecule has 7 nitrogen and oxygen atoms in total. The summed E-state index contributed by atoms with van der Waals surface area (Å²) in [5.41, 5.74) is 6.25. The fraction of sp³-hybridized carbons (Fsp3) is 0.341. The highest BCUT2D eigenvalue weighted by molar-refractivity contribution is 7.99. The largest absolute Gasteiger partial charge is 0.493 e. The topological polar surface area (TPSA) is 66.5 Å². The number of hydrogen-bond donors (Lipinski definition) is 0. The van der Waals surface area contributed by atoms with Crippen molar-refractivity contribution in [2.24, 2.45) is 5.92 Å². The fourth-order valence-electron chi connectivity index (χ4n) is 6.99. The van der Waals surface area contributed by atoms with Crippen LogP contribution in [0.3, 0.4) is 0 Å². The fourth-order valence-corrected chi connectivity index (χ4v) is 8.25. The first-order valence-electron chi connectivity index (χ1n) is 17.0. The van der Waals surface area contributed by atoms with Gasteiger partial charge in [-0.05, 0) is 85.6 Å². The van der Waals surface area contributed by atoms with Crippen LogP contribution in [0.25, 0.3) is 5.57 Å².